The van der Waals surface area contributed by atoms with Crippen LogP contribution in [-0.4, -0.2) is 50.4 Å². The van der Waals surface area contributed by atoms with Gasteiger partial charge in [0.2, 0.25) is 0 Å². The van der Waals surface area contributed by atoms with Crippen molar-refractivity contribution in [2.45, 2.75) is 32.6 Å². The van der Waals surface area contributed by atoms with Crippen LogP contribution in [0.4, 0.5) is 9.93 Å². The van der Waals surface area contributed by atoms with E-state index in [2.05, 4.69) is 22.5 Å². The Labute approximate surface area is 141 Å². The maximum atomic E-state index is 12.0. The lowest BCUT2D eigenvalue weighted by atomic mass is 9.93. The Morgan fingerprint density at radius 1 is 1.43 bits per heavy atom. The fourth-order valence-electron chi connectivity index (χ4n) is 3.18. The molecular weight excluding hydrogens is 312 g/mol. The number of hydrogen-bond donors (Lipinski definition) is 3. The molecule has 6 nitrogen and oxygen atoms in total. The zero-order valence-corrected chi connectivity index (χ0v) is 14.6. The van der Waals surface area contributed by atoms with Crippen LogP contribution < -0.4 is 15.5 Å². The molecule has 0 spiro atoms. The Kier molecular flexibility index (Phi) is 5.85. The summed E-state index contributed by atoms with van der Waals surface area (Å²) in [4.78, 5) is 19.4. The second kappa shape index (κ2) is 8.08. The molecule has 1 atom stereocenters. The molecule has 0 bridgehead atoms. The number of amides is 2. The van der Waals surface area contributed by atoms with Gasteiger partial charge in [0, 0.05) is 17.8 Å². The van der Waals surface area contributed by atoms with Gasteiger partial charge in [-0.15, -0.1) is 11.3 Å². The number of hydrogen-bond acceptors (Lipinski definition) is 4. The number of rotatable bonds is 5. The van der Waals surface area contributed by atoms with E-state index < -0.39 is 0 Å². The van der Waals surface area contributed by atoms with E-state index in [-0.39, 0.29) is 6.03 Å². The number of thiazole rings is 1. The van der Waals surface area contributed by atoms with Crippen LogP contribution in [0.5, 0.6) is 0 Å². The maximum absolute atomic E-state index is 12.0. The number of ether oxygens (including phenoxy) is 1. The fourth-order valence-corrected chi connectivity index (χ4v) is 4.35. The highest BCUT2D eigenvalue weighted by atomic mass is 32.1. The summed E-state index contributed by atoms with van der Waals surface area (Å²) in [7, 11) is 0. The largest absolute Gasteiger partial charge is 0.370 e. The number of anilines is 1. The number of aromatic nitrogens is 1. The van der Waals surface area contributed by atoms with Gasteiger partial charge in [-0.2, -0.15) is 0 Å². The van der Waals surface area contributed by atoms with Crippen LogP contribution >= 0.6 is 11.3 Å². The van der Waals surface area contributed by atoms with E-state index in [1.54, 1.807) is 16.2 Å². The molecule has 0 saturated carbocycles. The van der Waals surface area contributed by atoms with Crippen molar-refractivity contribution in [2.75, 3.05) is 44.7 Å². The molecule has 1 fully saturated rings. The second-order valence-corrected chi connectivity index (χ2v) is 7.67. The number of carbonyl (C=O) groups is 1. The molecule has 3 rings (SSSR count). The van der Waals surface area contributed by atoms with E-state index in [0.29, 0.717) is 6.54 Å². The number of quaternary nitrogens is 1. The Hall–Kier alpha value is -1.18. The number of nitrogens with one attached hydrogen (secondary N) is 3. The van der Waals surface area contributed by atoms with Crippen molar-refractivity contribution >= 4 is 22.5 Å². The van der Waals surface area contributed by atoms with Crippen molar-refractivity contribution in [1.29, 1.82) is 0 Å². The molecule has 1 aliphatic heterocycles. The summed E-state index contributed by atoms with van der Waals surface area (Å²) in [6.07, 6.45) is 4.33. The molecule has 0 radical (unpaired) electrons. The molecule has 23 heavy (non-hydrogen) atoms. The first kappa shape index (κ1) is 16.7. The molecule has 3 N–H and O–H groups in total. The highest BCUT2D eigenvalue weighted by molar-refractivity contribution is 7.15. The van der Waals surface area contributed by atoms with Crippen molar-refractivity contribution in [3.8, 4) is 0 Å². The second-order valence-electron chi connectivity index (χ2n) is 6.58. The Bertz CT molecular complexity index is 528. The van der Waals surface area contributed by atoms with Gasteiger partial charge in [0.25, 0.3) is 0 Å². The molecule has 1 aromatic heterocycles. The average Bonchev–Trinajstić information content (AvgIpc) is 2.94. The van der Waals surface area contributed by atoms with Crippen LogP contribution in [0.2, 0.25) is 0 Å². The lowest BCUT2D eigenvalue weighted by Crippen LogP contribution is -3.14. The number of fused-ring (bicyclic) bond motifs is 1. The highest BCUT2D eigenvalue weighted by Gasteiger charge is 2.20. The summed E-state index contributed by atoms with van der Waals surface area (Å²) < 4.78 is 5.35. The van der Waals surface area contributed by atoms with Crippen LogP contribution in [0.1, 0.15) is 30.3 Å². The fraction of sp³-hybridized carbons (Fsp3) is 0.750. The molecule has 1 aromatic rings. The molecule has 1 saturated heterocycles. The maximum Gasteiger partial charge on any atom is 0.321 e. The Morgan fingerprint density at radius 3 is 3.09 bits per heavy atom. The monoisotopic (exact) mass is 339 g/mol. The van der Waals surface area contributed by atoms with Gasteiger partial charge in [0.05, 0.1) is 25.5 Å². The van der Waals surface area contributed by atoms with Gasteiger partial charge in [0.15, 0.2) is 5.13 Å². The first-order valence-electron chi connectivity index (χ1n) is 8.65. The van der Waals surface area contributed by atoms with Gasteiger partial charge in [-0.25, -0.2) is 9.78 Å². The van der Waals surface area contributed by atoms with Gasteiger partial charge >= 0.3 is 6.03 Å². The van der Waals surface area contributed by atoms with Gasteiger partial charge < -0.3 is 15.0 Å². The number of aryl methyl sites for hydroxylation is 1. The van der Waals surface area contributed by atoms with E-state index in [1.165, 1.54) is 17.0 Å². The van der Waals surface area contributed by atoms with E-state index in [4.69, 9.17) is 4.74 Å². The Balaban J connectivity index is 1.36. The van der Waals surface area contributed by atoms with Crippen molar-refractivity contribution in [3.05, 3.63) is 10.6 Å². The Morgan fingerprint density at radius 2 is 2.26 bits per heavy atom. The molecule has 0 unspecified atom stereocenters. The summed E-state index contributed by atoms with van der Waals surface area (Å²) in [5, 5.41) is 6.55. The first-order chi connectivity index (χ1) is 11.2. The van der Waals surface area contributed by atoms with Gasteiger partial charge in [0.1, 0.15) is 13.1 Å². The quantitative estimate of drug-likeness (QED) is 0.692. The number of nitrogens with zero attached hydrogens (tertiary/aromatic N) is 1. The van der Waals surface area contributed by atoms with Gasteiger partial charge in [-0.05, 0) is 25.2 Å². The van der Waals surface area contributed by atoms with E-state index in [9.17, 15) is 4.79 Å². The van der Waals surface area contributed by atoms with Crippen molar-refractivity contribution in [1.82, 2.24) is 10.3 Å². The van der Waals surface area contributed by atoms with Crippen molar-refractivity contribution in [3.63, 3.8) is 0 Å². The lowest BCUT2D eigenvalue weighted by molar-refractivity contribution is -0.908. The lowest BCUT2D eigenvalue weighted by Gasteiger charge is -2.23. The molecule has 2 amide bonds. The minimum absolute atomic E-state index is 0.138. The summed E-state index contributed by atoms with van der Waals surface area (Å²) in [6.45, 7) is 7.95. The summed E-state index contributed by atoms with van der Waals surface area (Å²) in [5.74, 6) is 0.729. The molecular formula is C16H27N4O2S+. The zero-order valence-electron chi connectivity index (χ0n) is 13.8. The SMILES string of the molecule is C[C@@H]1CCc2nc(NC(=O)NCCC[NH+]3CCOCC3)sc2C1. The molecule has 128 valence electrons. The molecule has 1 aliphatic carbocycles. The van der Waals surface area contributed by atoms with Crippen molar-refractivity contribution < 1.29 is 14.4 Å². The van der Waals surface area contributed by atoms with Crippen LogP contribution in [0, 0.1) is 5.92 Å². The first-order valence-corrected chi connectivity index (χ1v) is 9.47. The van der Waals surface area contributed by atoms with Crippen LogP contribution in [0.25, 0.3) is 0 Å². The minimum Gasteiger partial charge on any atom is -0.370 e. The zero-order chi connectivity index (χ0) is 16.1. The van der Waals surface area contributed by atoms with Crippen LogP contribution in [-0.2, 0) is 17.6 Å². The van der Waals surface area contributed by atoms with Gasteiger partial charge in [-0.3, -0.25) is 5.32 Å². The number of carbonyl (C=O) groups excluding carboxylic acids is 1. The summed E-state index contributed by atoms with van der Waals surface area (Å²) >= 11 is 1.63. The molecule has 0 aromatic carbocycles. The third kappa shape index (κ3) is 4.89. The van der Waals surface area contributed by atoms with E-state index in [1.807, 2.05) is 0 Å². The smallest absolute Gasteiger partial charge is 0.321 e. The molecule has 2 aliphatic rings. The third-order valence-corrected chi connectivity index (χ3v) is 5.63. The summed E-state index contributed by atoms with van der Waals surface area (Å²) in [6, 6.07) is -0.138. The highest BCUT2D eigenvalue weighted by Crippen LogP contribution is 2.31. The van der Waals surface area contributed by atoms with E-state index in [0.717, 1.165) is 63.2 Å². The van der Waals surface area contributed by atoms with Crippen LogP contribution in [0.15, 0.2) is 0 Å². The predicted molar refractivity (Wildman–Crippen MR) is 91.3 cm³/mol. The number of morpholine rings is 1. The topological polar surface area (TPSA) is 67.7 Å². The molecule has 2 heterocycles. The molecule has 7 heteroatoms. The van der Waals surface area contributed by atoms with Crippen molar-refractivity contribution in [2.24, 2.45) is 5.92 Å². The van der Waals surface area contributed by atoms with Gasteiger partial charge in [-0.1, -0.05) is 6.92 Å². The minimum atomic E-state index is -0.138. The normalized spacial score (nSPS) is 21.7. The number of urea groups is 1. The standard InChI is InChI=1S/C16H26N4O2S/c1-12-3-4-13-14(11-12)23-16(18-13)19-15(21)17-5-2-6-20-7-9-22-10-8-20/h12H,2-11H2,1H3,(H2,17,18,19,21)/p+1/t12-/m1/s1. The van der Waals surface area contributed by atoms with E-state index >= 15 is 0 Å². The third-order valence-electron chi connectivity index (χ3n) is 4.60. The van der Waals surface area contributed by atoms with Crippen LogP contribution in [0.3, 0.4) is 0 Å². The predicted octanol–water partition coefficient (Wildman–Crippen LogP) is 0.695. The average molecular weight is 339 g/mol. The summed E-state index contributed by atoms with van der Waals surface area (Å²) in [5.41, 5.74) is 1.18.